The first-order valence-electron chi connectivity index (χ1n) is 11.6. The van der Waals surface area contributed by atoms with Gasteiger partial charge in [0.15, 0.2) is 0 Å². The molecule has 0 bridgehead atoms. The average molecular weight is 466 g/mol. The molecule has 0 saturated heterocycles. The van der Waals surface area contributed by atoms with Crippen LogP contribution in [0.25, 0.3) is 43.6 Å². The molecule has 0 aliphatic heterocycles. The zero-order valence-corrected chi connectivity index (χ0v) is 19.1. The van der Waals surface area contributed by atoms with Gasteiger partial charge in [-0.1, -0.05) is 72.8 Å². The highest BCUT2D eigenvalue weighted by atomic mass is 15.2. The van der Waals surface area contributed by atoms with Crippen LogP contribution in [0.1, 0.15) is 0 Å². The molecule has 0 aliphatic rings. The molecular weight excluding hydrogens is 446 g/mol. The minimum Gasteiger partial charge on any atom is -0.323 e. The summed E-state index contributed by atoms with van der Waals surface area (Å²) in [5.74, 6) is 0.883. The number of hydrogen-bond donors (Lipinski definition) is 2. The third-order valence-electron chi connectivity index (χ3n) is 6.22. The monoisotopic (exact) mass is 465 g/mol. The van der Waals surface area contributed by atoms with E-state index in [2.05, 4.69) is 20.6 Å². The van der Waals surface area contributed by atoms with Crippen molar-refractivity contribution < 1.29 is 0 Å². The van der Waals surface area contributed by atoms with E-state index in [4.69, 9.17) is 15.0 Å². The summed E-state index contributed by atoms with van der Waals surface area (Å²) in [6.45, 7) is 0. The lowest BCUT2D eigenvalue weighted by Crippen LogP contribution is -2.04. The molecule has 0 unspecified atom stereocenters. The maximum atomic E-state index is 4.80. The first-order chi connectivity index (χ1) is 17.8. The molecule has 2 N–H and O–H groups in total. The van der Waals surface area contributed by atoms with Crippen molar-refractivity contribution in [2.45, 2.75) is 0 Å². The van der Waals surface area contributed by atoms with Crippen LogP contribution >= 0.6 is 0 Å². The van der Waals surface area contributed by atoms with Crippen molar-refractivity contribution in [3.05, 3.63) is 103 Å². The lowest BCUT2D eigenvalue weighted by atomic mass is 10.1. The van der Waals surface area contributed by atoms with Crippen LogP contribution in [0, 0.1) is 0 Å². The SMILES string of the molecule is c1ccc2c(Nc3ncnc(Nc4c5ccccc5nc5ccccc45)n3)c3ccccc3nc2c1. The second kappa shape index (κ2) is 8.25. The van der Waals surface area contributed by atoms with Crippen LogP contribution in [-0.4, -0.2) is 24.9 Å². The van der Waals surface area contributed by atoms with Gasteiger partial charge in [0.1, 0.15) is 6.33 Å². The molecule has 0 saturated carbocycles. The molecule has 0 spiro atoms. The van der Waals surface area contributed by atoms with Crippen molar-refractivity contribution in [1.82, 2.24) is 24.9 Å². The van der Waals surface area contributed by atoms with Gasteiger partial charge in [-0.15, -0.1) is 0 Å². The fourth-order valence-corrected chi connectivity index (χ4v) is 4.59. The van der Waals surface area contributed by atoms with Crippen LogP contribution in [0.15, 0.2) is 103 Å². The van der Waals surface area contributed by atoms with Gasteiger partial charge < -0.3 is 10.6 Å². The van der Waals surface area contributed by atoms with Crippen LogP contribution in [0.2, 0.25) is 0 Å². The number of pyridine rings is 2. The maximum Gasteiger partial charge on any atom is 0.232 e. The molecule has 36 heavy (non-hydrogen) atoms. The van der Waals surface area contributed by atoms with Gasteiger partial charge in [-0.2, -0.15) is 4.98 Å². The molecule has 170 valence electrons. The van der Waals surface area contributed by atoms with Crippen molar-refractivity contribution in [3.63, 3.8) is 0 Å². The summed E-state index contributed by atoms with van der Waals surface area (Å²) in [7, 11) is 0. The van der Waals surface area contributed by atoms with Crippen LogP contribution in [0.4, 0.5) is 23.3 Å². The standard InChI is InChI=1S/C29H19N7/c1-5-13-22-18(9-1)26(19-10-2-6-14-23(19)32-22)34-28-30-17-31-29(36-28)35-27-20-11-3-7-15-24(20)33-25-16-8-4-12-21(25)27/h1-17H,(H2,30,31,32,33,34,35,36). The van der Waals surface area contributed by atoms with Gasteiger partial charge in [-0.3, -0.25) is 0 Å². The molecule has 0 aliphatic carbocycles. The first-order valence-corrected chi connectivity index (χ1v) is 11.6. The Balaban J connectivity index is 1.33. The Morgan fingerprint density at radius 3 is 1.08 bits per heavy atom. The normalized spacial score (nSPS) is 11.3. The number of aromatic nitrogens is 5. The molecule has 7 rings (SSSR count). The van der Waals surface area contributed by atoms with E-state index in [9.17, 15) is 0 Å². The predicted octanol–water partition coefficient (Wildman–Crippen LogP) is 6.76. The summed E-state index contributed by atoms with van der Waals surface area (Å²) in [4.78, 5) is 23.1. The molecular formula is C29H19N7. The largest absolute Gasteiger partial charge is 0.323 e. The van der Waals surface area contributed by atoms with E-state index >= 15 is 0 Å². The lowest BCUT2D eigenvalue weighted by Gasteiger charge is -2.14. The molecule has 0 radical (unpaired) electrons. The average Bonchev–Trinajstić information content (AvgIpc) is 2.93. The summed E-state index contributed by atoms with van der Waals surface area (Å²) >= 11 is 0. The van der Waals surface area contributed by atoms with Gasteiger partial charge in [0.05, 0.1) is 33.4 Å². The number of benzene rings is 4. The Hall–Kier alpha value is -5.17. The third kappa shape index (κ3) is 3.42. The van der Waals surface area contributed by atoms with E-state index in [1.807, 2.05) is 97.1 Å². The molecule has 0 amide bonds. The second-order valence-corrected chi connectivity index (χ2v) is 8.42. The minimum absolute atomic E-state index is 0.441. The number of nitrogens with zero attached hydrogens (tertiary/aromatic N) is 5. The topological polar surface area (TPSA) is 88.5 Å². The van der Waals surface area contributed by atoms with Gasteiger partial charge >= 0.3 is 0 Å². The molecule has 7 nitrogen and oxygen atoms in total. The fourth-order valence-electron chi connectivity index (χ4n) is 4.59. The molecule has 0 fully saturated rings. The molecule has 7 heteroatoms. The van der Waals surface area contributed by atoms with Gasteiger partial charge in [0.2, 0.25) is 11.9 Å². The van der Waals surface area contributed by atoms with Crippen LogP contribution in [0.5, 0.6) is 0 Å². The maximum absolute atomic E-state index is 4.80. The molecule has 4 aromatic carbocycles. The smallest absolute Gasteiger partial charge is 0.232 e. The second-order valence-electron chi connectivity index (χ2n) is 8.42. The zero-order valence-electron chi connectivity index (χ0n) is 19.1. The molecule has 3 heterocycles. The minimum atomic E-state index is 0.441. The van der Waals surface area contributed by atoms with Gasteiger partial charge in [0.25, 0.3) is 0 Å². The number of anilines is 4. The lowest BCUT2D eigenvalue weighted by molar-refractivity contribution is 1.06. The third-order valence-corrected chi connectivity index (χ3v) is 6.22. The van der Waals surface area contributed by atoms with Crippen molar-refractivity contribution >= 4 is 66.9 Å². The Labute approximate surface area is 205 Å². The number of rotatable bonds is 4. The van der Waals surface area contributed by atoms with Gasteiger partial charge in [0, 0.05) is 21.5 Å². The van der Waals surface area contributed by atoms with E-state index in [0.717, 1.165) is 55.0 Å². The van der Waals surface area contributed by atoms with Crippen LogP contribution < -0.4 is 10.6 Å². The summed E-state index contributed by atoms with van der Waals surface area (Å²) < 4.78 is 0. The number of hydrogen-bond acceptors (Lipinski definition) is 7. The highest BCUT2D eigenvalue weighted by Gasteiger charge is 2.13. The Morgan fingerprint density at radius 1 is 0.389 bits per heavy atom. The summed E-state index contributed by atoms with van der Waals surface area (Å²) in [5.41, 5.74) is 5.43. The summed E-state index contributed by atoms with van der Waals surface area (Å²) in [6.07, 6.45) is 1.51. The van der Waals surface area contributed by atoms with E-state index in [0.29, 0.717) is 11.9 Å². The van der Waals surface area contributed by atoms with Crippen molar-refractivity contribution in [1.29, 1.82) is 0 Å². The quantitative estimate of drug-likeness (QED) is 0.278. The van der Waals surface area contributed by atoms with Crippen molar-refractivity contribution in [2.24, 2.45) is 0 Å². The Bertz CT molecular complexity index is 1670. The van der Waals surface area contributed by atoms with E-state index < -0.39 is 0 Å². The predicted molar refractivity (Wildman–Crippen MR) is 145 cm³/mol. The van der Waals surface area contributed by atoms with E-state index in [-0.39, 0.29) is 0 Å². The van der Waals surface area contributed by atoms with Gasteiger partial charge in [-0.05, 0) is 24.3 Å². The highest BCUT2D eigenvalue weighted by molar-refractivity contribution is 6.09. The van der Waals surface area contributed by atoms with Crippen LogP contribution in [-0.2, 0) is 0 Å². The van der Waals surface area contributed by atoms with E-state index in [1.165, 1.54) is 6.33 Å². The number of nitrogens with one attached hydrogen (secondary N) is 2. The Morgan fingerprint density at radius 2 is 0.722 bits per heavy atom. The molecule has 7 aromatic rings. The van der Waals surface area contributed by atoms with Crippen molar-refractivity contribution in [3.8, 4) is 0 Å². The number of para-hydroxylation sites is 4. The van der Waals surface area contributed by atoms with Crippen molar-refractivity contribution in [2.75, 3.05) is 10.6 Å². The summed E-state index contributed by atoms with van der Waals surface area (Å²) in [6, 6.07) is 32.2. The number of fused-ring (bicyclic) bond motifs is 4. The molecule has 0 atom stereocenters. The van der Waals surface area contributed by atoms with E-state index in [1.54, 1.807) is 0 Å². The zero-order chi connectivity index (χ0) is 23.9. The van der Waals surface area contributed by atoms with Gasteiger partial charge in [-0.25, -0.2) is 19.9 Å². The molecule has 3 aromatic heterocycles. The fraction of sp³-hybridized carbons (Fsp3) is 0. The summed E-state index contributed by atoms with van der Waals surface area (Å²) in [5, 5.41) is 10.9. The van der Waals surface area contributed by atoms with Crippen LogP contribution in [0.3, 0.4) is 0 Å². The first kappa shape index (κ1) is 20.2. The Kier molecular flexibility index (Phi) is 4.63. The highest BCUT2D eigenvalue weighted by Crippen LogP contribution is 2.34.